The van der Waals surface area contributed by atoms with Crippen molar-refractivity contribution in [3.05, 3.63) is 29.8 Å². The quantitative estimate of drug-likeness (QED) is 0.866. The summed E-state index contributed by atoms with van der Waals surface area (Å²) in [5.41, 5.74) is 2.81. The molecule has 2 atom stereocenters. The number of carbonyl (C=O) groups is 1. The second kappa shape index (κ2) is 5.96. The van der Waals surface area contributed by atoms with Gasteiger partial charge in [0, 0.05) is 19.0 Å². The number of nitrogens with zero attached hydrogens (tertiary/aromatic N) is 2. The molecule has 0 aliphatic carbocycles. The van der Waals surface area contributed by atoms with Crippen LogP contribution in [0.25, 0.3) is 0 Å². The summed E-state index contributed by atoms with van der Waals surface area (Å²) >= 11 is 0. The van der Waals surface area contributed by atoms with Gasteiger partial charge in [0.05, 0.1) is 11.4 Å². The van der Waals surface area contributed by atoms with E-state index in [2.05, 4.69) is 18.3 Å². The molecule has 5 nitrogen and oxygen atoms in total. The lowest BCUT2D eigenvalue weighted by Gasteiger charge is -2.32. The van der Waals surface area contributed by atoms with Crippen LogP contribution in [0.2, 0.25) is 0 Å². The van der Waals surface area contributed by atoms with Crippen LogP contribution in [0.5, 0.6) is 0 Å². The van der Waals surface area contributed by atoms with Gasteiger partial charge in [-0.2, -0.15) is 0 Å². The summed E-state index contributed by atoms with van der Waals surface area (Å²) in [6, 6.07) is 8.21. The molecule has 1 fully saturated rings. The number of fused-ring (bicyclic) bond motifs is 1. The molecule has 1 amide bonds. The molecule has 23 heavy (non-hydrogen) atoms. The Hall–Kier alpha value is -1.88. The van der Waals surface area contributed by atoms with Crippen LogP contribution >= 0.6 is 0 Å². The molecule has 3 rings (SSSR count). The summed E-state index contributed by atoms with van der Waals surface area (Å²) in [5, 5.41) is 3.40. The number of amides is 1. The van der Waals surface area contributed by atoms with Crippen molar-refractivity contribution in [2.75, 3.05) is 13.1 Å². The molecule has 0 aromatic heterocycles. The van der Waals surface area contributed by atoms with Gasteiger partial charge >= 0.3 is 6.09 Å². The van der Waals surface area contributed by atoms with Gasteiger partial charge in [0.25, 0.3) is 0 Å². The molecule has 124 valence electrons. The molecule has 5 heteroatoms. The zero-order valence-corrected chi connectivity index (χ0v) is 14.3. The number of hydrogen-bond donors (Lipinski definition) is 1. The first-order valence-corrected chi connectivity index (χ1v) is 8.24. The van der Waals surface area contributed by atoms with Crippen molar-refractivity contribution in [2.45, 2.75) is 45.9 Å². The number of para-hydroxylation sites is 1. The molecular formula is C18H25N3O2. The van der Waals surface area contributed by atoms with Crippen molar-refractivity contribution in [2.24, 2.45) is 10.9 Å². The second-order valence-electron chi connectivity index (χ2n) is 7.30. The summed E-state index contributed by atoms with van der Waals surface area (Å²) in [6.45, 7) is 9.24. The van der Waals surface area contributed by atoms with E-state index in [-0.39, 0.29) is 12.3 Å². The Labute approximate surface area is 137 Å². The summed E-state index contributed by atoms with van der Waals surface area (Å²) in [6.07, 6.45) is 0.504. The summed E-state index contributed by atoms with van der Waals surface area (Å²) in [5.74, 6) is 0.297. The highest BCUT2D eigenvalue weighted by Crippen LogP contribution is 2.30. The topological polar surface area (TPSA) is 53.9 Å². The normalized spacial score (nSPS) is 24.2. The summed E-state index contributed by atoms with van der Waals surface area (Å²) < 4.78 is 5.54. The molecule has 1 N–H and O–H groups in total. The third-order valence-electron chi connectivity index (χ3n) is 4.18. The minimum Gasteiger partial charge on any atom is -0.444 e. The minimum atomic E-state index is -0.489. The number of hydrogen-bond acceptors (Lipinski definition) is 4. The Bertz CT molecular complexity index is 633. The third-order valence-corrected chi connectivity index (χ3v) is 4.18. The van der Waals surface area contributed by atoms with Gasteiger partial charge in [0.1, 0.15) is 11.8 Å². The van der Waals surface area contributed by atoms with Crippen molar-refractivity contribution in [3.8, 4) is 0 Å². The number of aliphatic imine (C=N–C) groups is 1. The first-order chi connectivity index (χ1) is 10.8. The van der Waals surface area contributed by atoms with E-state index in [9.17, 15) is 4.79 Å². The Morgan fingerprint density at radius 3 is 2.83 bits per heavy atom. The molecule has 2 aliphatic rings. The summed E-state index contributed by atoms with van der Waals surface area (Å²) in [7, 11) is 0. The molecule has 2 aliphatic heterocycles. The first kappa shape index (κ1) is 16.0. The van der Waals surface area contributed by atoms with Crippen LogP contribution in [0, 0.1) is 5.92 Å². The van der Waals surface area contributed by atoms with Crippen molar-refractivity contribution >= 4 is 17.5 Å². The number of rotatable bonds is 1. The van der Waals surface area contributed by atoms with Crippen molar-refractivity contribution < 1.29 is 9.53 Å². The molecule has 0 spiro atoms. The molecule has 1 aromatic carbocycles. The molecule has 1 aromatic rings. The Morgan fingerprint density at radius 2 is 2.09 bits per heavy atom. The van der Waals surface area contributed by atoms with E-state index in [1.54, 1.807) is 4.90 Å². The average molecular weight is 315 g/mol. The summed E-state index contributed by atoms with van der Waals surface area (Å²) in [4.78, 5) is 19.1. The number of nitrogens with one attached hydrogen (secondary N) is 1. The Morgan fingerprint density at radius 1 is 1.35 bits per heavy atom. The van der Waals surface area contributed by atoms with Gasteiger partial charge < -0.3 is 4.74 Å². The highest BCUT2D eigenvalue weighted by atomic mass is 16.6. The maximum Gasteiger partial charge on any atom is 0.411 e. The molecule has 1 saturated heterocycles. The SMILES string of the molecule is CC1Cc2ccccc2N=C1C1NCCN1C(=O)OC(C)(C)C. The number of ether oxygens (including phenoxy) is 1. The maximum atomic E-state index is 12.5. The van der Waals surface area contributed by atoms with E-state index in [1.165, 1.54) is 5.56 Å². The fourth-order valence-corrected chi connectivity index (χ4v) is 3.15. The third kappa shape index (κ3) is 3.39. The van der Waals surface area contributed by atoms with Crippen LogP contribution in [0.15, 0.2) is 29.3 Å². The monoisotopic (exact) mass is 315 g/mol. The van der Waals surface area contributed by atoms with Crippen LogP contribution in [-0.2, 0) is 11.2 Å². The predicted molar refractivity (Wildman–Crippen MR) is 91.1 cm³/mol. The highest BCUT2D eigenvalue weighted by Gasteiger charge is 2.37. The van der Waals surface area contributed by atoms with E-state index in [0.717, 1.165) is 24.4 Å². The Balaban J connectivity index is 1.85. The lowest BCUT2D eigenvalue weighted by Crippen LogP contribution is -2.49. The van der Waals surface area contributed by atoms with Crippen molar-refractivity contribution in [1.82, 2.24) is 10.2 Å². The van der Waals surface area contributed by atoms with E-state index in [4.69, 9.17) is 9.73 Å². The largest absolute Gasteiger partial charge is 0.444 e. The van der Waals surface area contributed by atoms with E-state index in [1.807, 2.05) is 39.0 Å². The minimum absolute atomic E-state index is 0.173. The Kier molecular flexibility index (Phi) is 4.15. The van der Waals surface area contributed by atoms with E-state index >= 15 is 0 Å². The van der Waals surface area contributed by atoms with E-state index in [0.29, 0.717) is 12.5 Å². The van der Waals surface area contributed by atoms with Crippen LogP contribution in [0.3, 0.4) is 0 Å². The fraction of sp³-hybridized carbons (Fsp3) is 0.556. The van der Waals surface area contributed by atoms with Crippen molar-refractivity contribution in [1.29, 1.82) is 0 Å². The van der Waals surface area contributed by atoms with Crippen LogP contribution in [-0.4, -0.2) is 41.6 Å². The molecule has 0 bridgehead atoms. The zero-order chi connectivity index (χ0) is 16.6. The van der Waals surface area contributed by atoms with Gasteiger partial charge in [-0.15, -0.1) is 0 Å². The van der Waals surface area contributed by atoms with Gasteiger partial charge in [0.2, 0.25) is 0 Å². The van der Waals surface area contributed by atoms with Gasteiger partial charge in [-0.25, -0.2) is 4.79 Å². The zero-order valence-electron chi connectivity index (χ0n) is 14.3. The lowest BCUT2D eigenvalue weighted by molar-refractivity contribution is 0.0259. The fourth-order valence-electron chi connectivity index (χ4n) is 3.15. The van der Waals surface area contributed by atoms with Gasteiger partial charge in [-0.1, -0.05) is 25.1 Å². The van der Waals surface area contributed by atoms with Gasteiger partial charge in [-0.05, 0) is 38.8 Å². The average Bonchev–Trinajstić information content (AvgIpc) is 2.94. The molecule has 0 radical (unpaired) electrons. The van der Waals surface area contributed by atoms with Crippen molar-refractivity contribution in [3.63, 3.8) is 0 Å². The first-order valence-electron chi connectivity index (χ1n) is 8.24. The van der Waals surface area contributed by atoms with Gasteiger partial charge in [-0.3, -0.25) is 15.2 Å². The smallest absolute Gasteiger partial charge is 0.411 e. The van der Waals surface area contributed by atoms with Crippen LogP contribution in [0.1, 0.15) is 33.3 Å². The molecular weight excluding hydrogens is 290 g/mol. The number of benzene rings is 1. The highest BCUT2D eigenvalue weighted by molar-refractivity contribution is 5.97. The van der Waals surface area contributed by atoms with E-state index < -0.39 is 5.60 Å². The van der Waals surface area contributed by atoms with Gasteiger partial charge in [0.15, 0.2) is 0 Å². The standard InChI is InChI=1S/C18H25N3O2/c1-12-11-13-7-5-6-8-14(13)20-15(12)16-19-9-10-21(16)17(22)23-18(2,3)4/h5-8,12,16,19H,9-11H2,1-4H3. The van der Waals surface area contributed by atoms with Crippen LogP contribution in [0.4, 0.5) is 10.5 Å². The molecule has 2 heterocycles. The lowest BCUT2D eigenvalue weighted by atomic mass is 9.90. The number of carbonyl (C=O) groups excluding carboxylic acids is 1. The maximum absolute atomic E-state index is 12.5. The molecule has 0 saturated carbocycles. The predicted octanol–water partition coefficient (Wildman–Crippen LogP) is 3.12. The second-order valence-corrected chi connectivity index (χ2v) is 7.30. The molecule has 2 unspecified atom stereocenters. The van der Waals surface area contributed by atoms with Crippen LogP contribution < -0.4 is 5.32 Å².